The molecule has 2 fully saturated rings. The van der Waals surface area contributed by atoms with Crippen LogP contribution in [-0.4, -0.2) is 47.9 Å². The highest BCUT2D eigenvalue weighted by atomic mass is 16.6. The third-order valence-electron chi connectivity index (χ3n) is 4.56. The van der Waals surface area contributed by atoms with Gasteiger partial charge in [0, 0.05) is 36.3 Å². The number of hydrogen-bond acceptors (Lipinski definition) is 4. The molecule has 3 rings (SSSR count). The zero-order valence-electron chi connectivity index (χ0n) is 13.5. The molecule has 1 amide bonds. The smallest absolute Gasteiger partial charge is 0.410 e. The van der Waals surface area contributed by atoms with Crippen LogP contribution in [0.15, 0.2) is 24.4 Å². The van der Waals surface area contributed by atoms with Gasteiger partial charge in [0.15, 0.2) is 0 Å². The van der Waals surface area contributed by atoms with E-state index in [0.717, 1.165) is 12.1 Å². The van der Waals surface area contributed by atoms with Crippen molar-refractivity contribution in [3.8, 4) is 0 Å². The van der Waals surface area contributed by atoms with Gasteiger partial charge in [-0.15, -0.1) is 0 Å². The minimum atomic E-state index is -0.460. The Morgan fingerprint density at radius 1 is 1.45 bits per heavy atom. The molecule has 2 aliphatic rings. The van der Waals surface area contributed by atoms with Crippen molar-refractivity contribution in [3.63, 3.8) is 0 Å². The largest absolute Gasteiger partial charge is 0.444 e. The quantitative estimate of drug-likeness (QED) is 0.800. The molecule has 0 aromatic carbocycles. The Morgan fingerprint density at radius 3 is 2.95 bits per heavy atom. The Hall–Kier alpha value is -1.62. The molecule has 0 bridgehead atoms. The zero-order chi connectivity index (χ0) is 15.8. The normalized spacial score (nSPS) is 28.3. The Labute approximate surface area is 131 Å². The molecule has 1 unspecified atom stereocenters. The molecule has 5 nitrogen and oxygen atoms in total. The van der Waals surface area contributed by atoms with Crippen LogP contribution < -0.4 is 0 Å². The maximum Gasteiger partial charge on any atom is 0.410 e. The number of carbonyl (C=O) groups excluding carboxylic acids is 1. The first-order valence-electron chi connectivity index (χ1n) is 7.88. The third kappa shape index (κ3) is 2.82. The van der Waals surface area contributed by atoms with Gasteiger partial charge in [-0.05, 0) is 39.3 Å². The third-order valence-corrected chi connectivity index (χ3v) is 4.56. The first-order valence-corrected chi connectivity index (χ1v) is 7.88. The van der Waals surface area contributed by atoms with E-state index in [1.54, 1.807) is 0 Å². The van der Waals surface area contributed by atoms with Crippen molar-refractivity contribution in [2.24, 2.45) is 5.92 Å². The number of amides is 1. The molecule has 0 radical (unpaired) electrons. The lowest BCUT2D eigenvalue weighted by molar-refractivity contribution is 0.0106. The van der Waals surface area contributed by atoms with Gasteiger partial charge in [-0.25, -0.2) is 4.79 Å². The molecule has 2 saturated heterocycles. The van der Waals surface area contributed by atoms with Gasteiger partial charge >= 0.3 is 6.09 Å². The van der Waals surface area contributed by atoms with Gasteiger partial charge in [0.2, 0.25) is 0 Å². The number of nitrogens with zero attached hydrogens (tertiary/aromatic N) is 2. The molecule has 0 N–H and O–H groups in total. The van der Waals surface area contributed by atoms with Gasteiger partial charge < -0.3 is 14.4 Å². The van der Waals surface area contributed by atoms with Crippen LogP contribution in [0, 0.1) is 5.92 Å². The van der Waals surface area contributed by atoms with Crippen LogP contribution in [-0.2, 0) is 14.9 Å². The highest BCUT2D eigenvalue weighted by Gasteiger charge is 2.50. The molecule has 1 aromatic heterocycles. The second-order valence-corrected chi connectivity index (χ2v) is 7.26. The lowest BCUT2D eigenvalue weighted by Gasteiger charge is -2.42. The van der Waals surface area contributed by atoms with Crippen LogP contribution in [0.2, 0.25) is 0 Å². The summed E-state index contributed by atoms with van der Waals surface area (Å²) in [4.78, 5) is 18.7. The minimum absolute atomic E-state index is 0.0558. The fourth-order valence-corrected chi connectivity index (χ4v) is 3.42. The van der Waals surface area contributed by atoms with Crippen LogP contribution >= 0.6 is 0 Å². The van der Waals surface area contributed by atoms with Gasteiger partial charge in [-0.3, -0.25) is 4.98 Å². The second-order valence-electron chi connectivity index (χ2n) is 7.26. The average Bonchev–Trinajstić information content (AvgIpc) is 2.90. The molecule has 120 valence electrons. The molecule has 1 aromatic rings. The summed E-state index contributed by atoms with van der Waals surface area (Å²) in [6.07, 6.45) is 2.47. The summed E-state index contributed by atoms with van der Waals surface area (Å²) < 4.78 is 11.3. The van der Waals surface area contributed by atoms with Crippen molar-refractivity contribution in [2.45, 2.75) is 38.2 Å². The summed E-state index contributed by atoms with van der Waals surface area (Å²) in [5.41, 5.74) is 0.569. The summed E-state index contributed by atoms with van der Waals surface area (Å²) in [5, 5.41) is 0. The predicted octanol–water partition coefficient (Wildman–Crippen LogP) is 2.61. The van der Waals surface area contributed by atoms with E-state index in [4.69, 9.17) is 9.47 Å². The van der Waals surface area contributed by atoms with Crippen LogP contribution in [0.1, 0.15) is 32.9 Å². The molecule has 2 atom stereocenters. The number of pyridine rings is 1. The SMILES string of the molecule is CC(C)(C)OC(=O)N1CC[C@]2(c3ccccn3)COCC2C1. The van der Waals surface area contributed by atoms with E-state index in [1.807, 2.05) is 44.0 Å². The first kappa shape index (κ1) is 15.3. The number of fused-ring (bicyclic) bond motifs is 1. The number of rotatable bonds is 1. The maximum atomic E-state index is 12.3. The van der Waals surface area contributed by atoms with Crippen molar-refractivity contribution >= 4 is 6.09 Å². The Kier molecular flexibility index (Phi) is 3.85. The van der Waals surface area contributed by atoms with Crippen molar-refractivity contribution < 1.29 is 14.3 Å². The van der Waals surface area contributed by atoms with E-state index in [9.17, 15) is 4.79 Å². The molecule has 0 spiro atoms. The van der Waals surface area contributed by atoms with Gasteiger partial charge in [0.05, 0.1) is 13.2 Å². The minimum Gasteiger partial charge on any atom is -0.444 e. The molecule has 2 aliphatic heterocycles. The zero-order valence-corrected chi connectivity index (χ0v) is 13.5. The first-order chi connectivity index (χ1) is 10.4. The number of hydrogen-bond donors (Lipinski definition) is 0. The van der Waals surface area contributed by atoms with Gasteiger partial charge in [0.25, 0.3) is 0 Å². The van der Waals surface area contributed by atoms with E-state index in [2.05, 4.69) is 11.1 Å². The lowest BCUT2D eigenvalue weighted by Crippen LogP contribution is -2.52. The number of likely N-dealkylation sites (tertiary alicyclic amines) is 1. The Balaban J connectivity index is 1.76. The highest BCUT2D eigenvalue weighted by molar-refractivity contribution is 5.68. The summed E-state index contributed by atoms with van der Waals surface area (Å²) in [6, 6.07) is 6.03. The molecular formula is C17H24N2O3. The van der Waals surface area contributed by atoms with E-state index in [1.165, 1.54) is 0 Å². The van der Waals surface area contributed by atoms with Crippen LogP contribution in [0.5, 0.6) is 0 Å². The van der Waals surface area contributed by atoms with Crippen molar-refractivity contribution in [1.29, 1.82) is 0 Å². The molecule has 0 saturated carbocycles. The van der Waals surface area contributed by atoms with Crippen molar-refractivity contribution in [1.82, 2.24) is 9.88 Å². The van der Waals surface area contributed by atoms with Gasteiger partial charge in [0.1, 0.15) is 5.60 Å². The van der Waals surface area contributed by atoms with Crippen LogP contribution in [0.3, 0.4) is 0 Å². The fourth-order valence-electron chi connectivity index (χ4n) is 3.42. The van der Waals surface area contributed by atoms with Crippen LogP contribution in [0.4, 0.5) is 4.79 Å². The topological polar surface area (TPSA) is 51.7 Å². The van der Waals surface area contributed by atoms with E-state index in [-0.39, 0.29) is 17.4 Å². The second kappa shape index (κ2) is 5.54. The fraction of sp³-hybridized carbons (Fsp3) is 0.647. The highest BCUT2D eigenvalue weighted by Crippen LogP contribution is 2.43. The van der Waals surface area contributed by atoms with Crippen LogP contribution in [0.25, 0.3) is 0 Å². The number of ether oxygens (including phenoxy) is 2. The van der Waals surface area contributed by atoms with E-state index in [0.29, 0.717) is 26.3 Å². The summed E-state index contributed by atoms with van der Waals surface area (Å²) in [7, 11) is 0. The van der Waals surface area contributed by atoms with E-state index >= 15 is 0 Å². The number of aromatic nitrogens is 1. The van der Waals surface area contributed by atoms with Gasteiger partial charge in [-0.2, -0.15) is 0 Å². The number of carbonyl (C=O) groups is 1. The van der Waals surface area contributed by atoms with Crippen molar-refractivity contribution in [3.05, 3.63) is 30.1 Å². The molecular weight excluding hydrogens is 280 g/mol. The standard InChI is InChI=1S/C17H24N2O3/c1-16(2,3)22-15(20)19-9-7-17(12-21-11-13(17)10-19)14-6-4-5-8-18-14/h4-6,8,13H,7,9-12H2,1-3H3/t13?,17-/m0/s1. The molecule has 3 heterocycles. The maximum absolute atomic E-state index is 12.3. The monoisotopic (exact) mass is 304 g/mol. The molecule has 22 heavy (non-hydrogen) atoms. The summed E-state index contributed by atoms with van der Waals surface area (Å²) in [6.45, 7) is 8.41. The Bertz CT molecular complexity index is 541. The number of piperidine rings is 1. The van der Waals surface area contributed by atoms with Crippen molar-refractivity contribution in [2.75, 3.05) is 26.3 Å². The predicted molar refractivity (Wildman–Crippen MR) is 82.6 cm³/mol. The Morgan fingerprint density at radius 2 is 2.27 bits per heavy atom. The lowest BCUT2D eigenvalue weighted by atomic mass is 9.70. The van der Waals surface area contributed by atoms with Gasteiger partial charge in [-0.1, -0.05) is 6.07 Å². The molecule has 5 heteroatoms. The average molecular weight is 304 g/mol. The summed E-state index contributed by atoms with van der Waals surface area (Å²) >= 11 is 0. The molecule has 0 aliphatic carbocycles. The summed E-state index contributed by atoms with van der Waals surface area (Å²) in [5.74, 6) is 0.281. The van der Waals surface area contributed by atoms with E-state index < -0.39 is 5.60 Å².